The second-order valence-corrected chi connectivity index (χ2v) is 8.87. The summed E-state index contributed by atoms with van der Waals surface area (Å²) in [6.07, 6.45) is 5.41. The van der Waals surface area contributed by atoms with Crippen molar-refractivity contribution in [3.63, 3.8) is 0 Å². The predicted molar refractivity (Wildman–Crippen MR) is 102 cm³/mol. The lowest BCUT2D eigenvalue weighted by Crippen LogP contribution is -2.56. The molecule has 2 saturated carbocycles. The van der Waals surface area contributed by atoms with Crippen molar-refractivity contribution in [3.05, 3.63) is 23.8 Å². The van der Waals surface area contributed by atoms with Gasteiger partial charge in [-0.2, -0.15) is 0 Å². The van der Waals surface area contributed by atoms with Crippen LogP contribution in [-0.2, 0) is 5.41 Å². The average molecular weight is 379 g/mol. The summed E-state index contributed by atoms with van der Waals surface area (Å²) < 4.78 is 41.0. The van der Waals surface area contributed by atoms with Crippen LogP contribution in [0.4, 0.5) is 8.78 Å². The monoisotopic (exact) mass is 379 g/mol. The van der Waals surface area contributed by atoms with Gasteiger partial charge in [-0.15, -0.1) is 0 Å². The van der Waals surface area contributed by atoms with E-state index in [-0.39, 0.29) is 17.9 Å². The fourth-order valence-electron chi connectivity index (χ4n) is 6.14. The van der Waals surface area contributed by atoms with Crippen LogP contribution in [0.25, 0.3) is 0 Å². The van der Waals surface area contributed by atoms with Gasteiger partial charge in [0.1, 0.15) is 0 Å². The molecule has 5 heteroatoms. The maximum absolute atomic E-state index is 15.0. The first kappa shape index (κ1) is 19.0. The van der Waals surface area contributed by atoms with E-state index in [1.807, 2.05) is 6.07 Å². The van der Waals surface area contributed by atoms with Crippen LogP contribution in [0.1, 0.15) is 56.9 Å². The van der Waals surface area contributed by atoms with Crippen LogP contribution < -0.4 is 9.47 Å². The minimum atomic E-state index is -2.53. The van der Waals surface area contributed by atoms with Crippen molar-refractivity contribution in [1.29, 1.82) is 0 Å². The van der Waals surface area contributed by atoms with Crippen molar-refractivity contribution in [1.82, 2.24) is 4.90 Å². The Morgan fingerprint density at radius 3 is 2.41 bits per heavy atom. The first-order valence-electron chi connectivity index (χ1n) is 10.2. The Balaban J connectivity index is 1.71. The number of methoxy groups -OCH3 is 2. The highest BCUT2D eigenvalue weighted by Gasteiger charge is 2.62. The van der Waals surface area contributed by atoms with Gasteiger partial charge in [-0.25, -0.2) is 8.78 Å². The summed E-state index contributed by atoms with van der Waals surface area (Å²) in [6, 6.07) is 6.30. The molecule has 0 bridgehead atoms. The Kier molecular flexibility index (Phi) is 4.65. The zero-order valence-electron chi connectivity index (χ0n) is 16.7. The Bertz CT molecular complexity index is 710. The quantitative estimate of drug-likeness (QED) is 0.736. The Morgan fingerprint density at radius 2 is 1.70 bits per heavy atom. The van der Waals surface area contributed by atoms with Gasteiger partial charge in [0.25, 0.3) is 5.92 Å². The minimum absolute atomic E-state index is 0.0623. The second kappa shape index (κ2) is 6.61. The number of nitrogens with zero attached hydrogens (tertiary/aromatic N) is 1. The molecule has 1 heterocycles. The summed E-state index contributed by atoms with van der Waals surface area (Å²) >= 11 is 0. The van der Waals surface area contributed by atoms with Gasteiger partial charge in [0.15, 0.2) is 11.5 Å². The molecule has 1 unspecified atom stereocenters. The minimum Gasteiger partial charge on any atom is -0.493 e. The Morgan fingerprint density at radius 1 is 0.963 bits per heavy atom. The Labute approximate surface area is 161 Å². The van der Waals surface area contributed by atoms with E-state index in [4.69, 9.17) is 9.47 Å². The first-order chi connectivity index (χ1) is 12.9. The van der Waals surface area contributed by atoms with Crippen molar-refractivity contribution >= 4 is 0 Å². The largest absolute Gasteiger partial charge is 0.493 e. The Hall–Kier alpha value is -1.36. The summed E-state index contributed by atoms with van der Waals surface area (Å²) in [4.78, 5) is 2.32. The van der Waals surface area contributed by atoms with E-state index < -0.39 is 11.3 Å². The number of benzene rings is 1. The average Bonchev–Trinajstić information content (AvgIpc) is 3.01. The number of fused-ring (bicyclic) bond motifs is 1. The number of hydrogen-bond donors (Lipinski definition) is 0. The molecular weight excluding hydrogens is 348 g/mol. The fraction of sp³-hybridized carbons (Fsp3) is 0.727. The van der Waals surface area contributed by atoms with Crippen molar-refractivity contribution in [2.75, 3.05) is 27.8 Å². The van der Waals surface area contributed by atoms with Gasteiger partial charge in [0.2, 0.25) is 0 Å². The lowest BCUT2D eigenvalue weighted by Gasteiger charge is -2.54. The highest BCUT2D eigenvalue weighted by molar-refractivity contribution is 5.46. The number of alkyl halides is 2. The third-order valence-electron chi connectivity index (χ3n) is 7.84. The molecule has 1 spiro atoms. The van der Waals surface area contributed by atoms with Crippen LogP contribution in [0.15, 0.2) is 18.2 Å². The molecule has 3 nitrogen and oxygen atoms in total. The molecule has 0 amide bonds. The van der Waals surface area contributed by atoms with Gasteiger partial charge in [-0.3, -0.25) is 0 Å². The maximum atomic E-state index is 15.0. The molecule has 1 aromatic carbocycles. The van der Waals surface area contributed by atoms with Gasteiger partial charge in [0.05, 0.1) is 14.2 Å². The van der Waals surface area contributed by atoms with Crippen molar-refractivity contribution in [2.24, 2.45) is 5.41 Å². The number of hydrogen-bond acceptors (Lipinski definition) is 3. The van der Waals surface area contributed by atoms with Gasteiger partial charge in [-0.05, 0) is 69.8 Å². The third-order valence-corrected chi connectivity index (χ3v) is 7.84. The third kappa shape index (κ3) is 2.76. The molecule has 3 aliphatic rings. The standard InChI is InChI=1S/C22H31F2NO2/c1-25-13-12-21(16-6-7-17(26-2)18(14-16)27-3)11-10-20(15-19(21)25)8-4-5-9-22(20,23)24/h6-7,14,19H,4-5,8-13,15H2,1-3H3/t19-,20?,21-/m0/s1. The van der Waals surface area contributed by atoms with Crippen LogP contribution in [0.3, 0.4) is 0 Å². The molecule has 2 aliphatic carbocycles. The number of ether oxygens (including phenoxy) is 2. The highest BCUT2D eigenvalue weighted by atomic mass is 19.3. The van der Waals surface area contributed by atoms with Crippen LogP contribution in [0, 0.1) is 5.41 Å². The van der Waals surface area contributed by atoms with Gasteiger partial charge < -0.3 is 14.4 Å². The number of likely N-dealkylation sites (tertiary alicyclic amines) is 1. The van der Waals surface area contributed by atoms with Crippen molar-refractivity contribution < 1.29 is 18.3 Å². The lowest BCUT2D eigenvalue weighted by atomic mass is 9.54. The molecule has 1 aromatic rings. The van der Waals surface area contributed by atoms with Gasteiger partial charge in [0, 0.05) is 23.3 Å². The zero-order chi connectivity index (χ0) is 19.3. The normalized spacial score (nSPS) is 35.8. The van der Waals surface area contributed by atoms with Gasteiger partial charge in [-0.1, -0.05) is 12.5 Å². The van der Waals surface area contributed by atoms with E-state index in [9.17, 15) is 0 Å². The molecular formula is C22H31F2NO2. The molecule has 150 valence electrons. The highest BCUT2D eigenvalue weighted by Crippen LogP contribution is 2.62. The molecule has 0 aromatic heterocycles. The molecule has 3 fully saturated rings. The summed E-state index contributed by atoms with van der Waals surface area (Å²) in [5.74, 6) is -1.09. The van der Waals surface area contributed by atoms with E-state index in [0.29, 0.717) is 31.4 Å². The maximum Gasteiger partial charge on any atom is 0.253 e. The van der Waals surface area contributed by atoms with Gasteiger partial charge >= 0.3 is 0 Å². The molecule has 4 rings (SSSR count). The summed E-state index contributed by atoms with van der Waals surface area (Å²) in [5, 5.41) is 0. The first-order valence-corrected chi connectivity index (χ1v) is 10.2. The van der Waals surface area contributed by atoms with Crippen LogP contribution in [-0.4, -0.2) is 44.7 Å². The van der Waals surface area contributed by atoms with Crippen LogP contribution >= 0.6 is 0 Å². The molecule has 0 radical (unpaired) electrons. The van der Waals surface area contributed by atoms with Crippen LogP contribution in [0.5, 0.6) is 11.5 Å². The van der Waals surface area contributed by atoms with E-state index in [0.717, 1.165) is 31.6 Å². The van der Waals surface area contributed by atoms with E-state index in [1.165, 1.54) is 5.56 Å². The molecule has 27 heavy (non-hydrogen) atoms. The number of rotatable bonds is 3. The van der Waals surface area contributed by atoms with Crippen molar-refractivity contribution in [3.8, 4) is 11.5 Å². The molecule has 1 aliphatic heterocycles. The van der Waals surface area contributed by atoms with E-state index in [1.54, 1.807) is 14.2 Å². The number of halogens is 2. The smallest absolute Gasteiger partial charge is 0.253 e. The van der Waals surface area contributed by atoms with Crippen molar-refractivity contribution in [2.45, 2.75) is 68.7 Å². The summed E-state index contributed by atoms with van der Waals surface area (Å²) in [5.41, 5.74) is 0.338. The molecule has 3 atom stereocenters. The summed E-state index contributed by atoms with van der Waals surface area (Å²) in [6.45, 7) is 0.959. The van der Waals surface area contributed by atoms with Crippen LogP contribution in [0.2, 0.25) is 0 Å². The van der Waals surface area contributed by atoms with E-state index >= 15 is 8.78 Å². The second-order valence-electron chi connectivity index (χ2n) is 8.87. The molecule has 0 N–H and O–H groups in total. The topological polar surface area (TPSA) is 21.7 Å². The number of likely N-dealkylation sites (N-methyl/N-ethyl adjacent to an activating group) is 1. The SMILES string of the molecule is COc1ccc([C@]23CCN(C)[C@H]2CC2(CCCCC2(F)F)CC3)cc1OC. The predicted octanol–water partition coefficient (Wildman–Crippen LogP) is 5.03. The zero-order valence-corrected chi connectivity index (χ0v) is 16.7. The summed E-state index contributed by atoms with van der Waals surface area (Å²) in [7, 11) is 5.39. The lowest BCUT2D eigenvalue weighted by molar-refractivity contribution is -0.177. The fourth-order valence-corrected chi connectivity index (χ4v) is 6.14. The molecule has 1 saturated heterocycles. The van der Waals surface area contributed by atoms with E-state index in [2.05, 4.69) is 24.1 Å².